The predicted molar refractivity (Wildman–Crippen MR) is 71.7 cm³/mol. The van der Waals surface area contributed by atoms with Crippen LogP contribution in [0.15, 0.2) is 5.38 Å². The summed E-state index contributed by atoms with van der Waals surface area (Å²) in [6, 6.07) is 0.108. The summed E-state index contributed by atoms with van der Waals surface area (Å²) >= 11 is 1.09. The van der Waals surface area contributed by atoms with E-state index in [0.29, 0.717) is 6.54 Å². The summed E-state index contributed by atoms with van der Waals surface area (Å²) in [5.41, 5.74) is -0.0621. The van der Waals surface area contributed by atoms with Crippen LogP contribution in [0.2, 0.25) is 0 Å². The fourth-order valence-corrected chi connectivity index (χ4v) is 3.01. The van der Waals surface area contributed by atoms with E-state index in [1.165, 1.54) is 5.38 Å². The average Bonchev–Trinajstić information content (AvgIpc) is 2.77. The summed E-state index contributed by atoms with van der Waals surface area (Å²) in [6.45, 7) is 4.48. The van der Waals surface area contributed by atoms with Crippen LogP contribution >= 0.6 is 11.3 Å². The summed E-state index contributed by atoms with van der Waals surface area (Å²) < 4.78 is 0. The molecule has 1 aromatic rings. The highest BCUT2D eigenvalue weighted by Crippen LogP contribution is 2.17. The molecule has 0 aliphatic carbocycles. The van der Waals surface area contributed by atoms with Crippen LogP contribution in [-0.4, -0.2) is 64.5 Å². The highest BCUT2D eigenvalue weighted by molar-refractivity contribution is 7.11. The lowest BCUT2D eigenvalue weighted by molar-refractivity contribution is 0.0689. The van der Waals surface area contributed by atoms with Gasteiger partial charge in [0.1, 0.15) is 0 Å². The molecule has 6 nitrogen and oxygen atoms in total. The monoisotopic (exact) mass is 283 g/mol. The number of thiazole rings is 1. The van der Waals surface area contributed by atoms with E-state index in [4.69, 9.17) is 5.11 Å². The minimum atomic E-state index is -1.10. The molecule has 0 bridgehead atoms. The molecule has 104 valence electrons. The number of carboxylic acids is 1. The van der Waals surface area contributed by atoms with Crippen LogP contribution in [-0.2, 0) is 0 Å². The number of amides is 1. The first kappa shape index (κ1) is 14.0. The van der Waals surface area contributed by atoms with E-state index in [9.17, 15) is 9.59 Å². The van der Waals surface area contributed by atoms with Gasteiger partial charge in [-0.25, -0.2) is 9.78 Å². The van der Waals surface area contributed by atoms with Gasteiger partial charge < -0.3 is 14.9 Å². The number of carbonyl (C=O) groups is 2. The number of carbonyl (C=O) groups excluding carboxylic acids is 1. The minimum Gasteiger partial charge on any atom is -0.476 e. The van der Waals surface area contributed by atoms with Gasteiger partial charge in [0, 0.05) is 24.5 Å². The van der Waals surface area contributed by atoms with Gasteiger partial charge in [0.15, 0.2) is 10.7 Å². The standard InChI is InChI=1S/C12H17N3O3S/c1-8-6-14(2)4-3-5-15(8)11(16)10-13-9(7-19-10)12(17)18/h7-8H,3-6H2,1-2H3,(H,17,18). The predicted octanol–water partition coefficient (Wildman–Crippen LogP) is 1.01. The van der Waals surface area contributed by atoms with Crippen molar-refractivity contribution in [2.45, 2.75) is 19.4 Å². The van der Waals surface area contributed by atoms with E-state index >= 15 is 0 Å². The second-order valence-electron chi connectivity index (χ2n) is 4.81. The Balaban J connectivity index is 2.15. The summed E-state index contributed by atoms with van der Waals surface area (Å²) in [5.74, 6) is -1.26. The second kappa shape index (κ2) is 5.66. The van der Waals surface area contributed by atoms with Crippen molar-refractivity contribution in [1.29, 1.82) is 0 Å². The van der Waals surface area contributed by atoms with Crippen molar-refractivity contribution in [3.05, 3.63) is 16.1 Å². The van der Waals surface area contributed by atoms with Gasteiger partial charge >= 0.3 is 5.97 Å². The van der Waals surface area contributed by atoms with Crippen LogP contribution in [0.4, 0.5) is 0 Å². The summed E-state index contributed by atoms with van der Waals surface area (Å²) in [6.07, 6.45) is 0.920. The Labute approximate surface area is 115 Å². The molecule has 2 heterocycles. The van der Waals surface area contributed by atoms with Crippen LogP contribution < -0.4 is 0 Å². The largest absolute Gasteiger partial charge is 0.476 e. The molecule has 2 rings (SSSR count). The van der Waals surface area contributed by atoms with Crippen LogP contribution in [0.25, 0.3) is 0 Å². The van der Waals surface area contributed by atoms with Crippen molar-refractivity contribution in [3.8, 4) is 0 Å². The molecule has 1 amide bonds. The first-order valence-corrected chi connectivity index (χ1v) is 7.05. The maximum absolute atomic E-state index is 12.4. The van der Waals surface area contributed by atoms with Gasteiger partial charge in [0.05, 0.1) is 0 Å². The zero-order chi connectivity index (χ0) is 14.0. The molecule has 7 heteroatoms. The van der Waals surface area contributed by atoms with E-state index in [-0.39, 0.29) is 22.7 Å². The lowest BCUT2D eigenvalue weighted by Gasteiger charge is -2.27. The van der Waals surface area contributed by atoms with Gasteiger partial charge in [0.2, 0.25) is 0 Å². The Hall–Kier alpha value is -1.47. The molecular weight excluding hydrogens is 266 g/mol. The van der Waals surface area contributed by atoms with Crippen molar-refractivity contribution >= 4 is 23.2 Å². The van der Waals surface area contributed by atoms with E-state index in [1.807, 2.05) is 14.0 Å². The van der Waals surface area contributed by atoms with Gasteiger partial charge in [-0.3, -0.25) is 4.79 Å². The molecule has 1 aliphatic heterocycles. The Morgan fingerprint density at radius 3 is 2.84 bits per heavy atom. The van der Waals surface area contributed by atoms with Gasteiger partial charge in [-0.15, -0.1) is 11.3 Å². The zero-order valence-electron chi connectivity index (χ0n) is 11.0. The molecule has 1 fully saturated rings. The van der Waals surface area contributed by atoms with E-state index in [2.05, 4.69) is 9.88 Å². The zero-order valence-corrected chi connectivity index (χ0v) is 11.8. The SMILES string of the molecule is CC1CN(C)CCCN1C(=O)c1nc(C(=O)O)cs1. The maximum atomic E-state index is 12.4. The fraction of sp³-hybridized carbons (Fsp3) is 0.583. The van der Waals surface area contributed by atoms with Gasteiger partial charge in [-0.2, -0.15) is 0 Å². The number of aromatic nitrogens is 1. The van der Waals surface area contributed by atoms with Gasteiger partial charge in [-0.05, 0) is 26.9 Å². The van der Waals surface area contributed by atoms with E-state index in [1.54, 1.807) is 4.90 Å². The third kappa shape index (κ3) is 3.10. The van der Waals surface area contributed by atoms with Crippen molar-refractivity contribution in [2.75, 3.05) is 26.7 Å². The first-order chi connectivity index (χ1) is 8.99. The molecule has 0 aromatic carbocycles. The Bertz CT molecular complexity index is 488. The summed E-state index contributed by atoms with van der Waals surface area (Å²) in [7, 11) is 2.04. The lowest BCUT2D eigenvalue weighted by atomic mass is 10.2. The molecule has 1 aromatic heterocycles. The quantitative estimate of drug-likeness (QED) is 0.876. The van der Waals surface area contributed by atoms with Crippen LogP contribution in [0.5, 0.6) is 0 Å². The van der Waals surface area contributed by atoms with E-state index < -0.39 is 5.97 Å². The smallest absolute Gasteiger partial charge is 0.355 e. The highest BCUT2D eigenvalue weighted by Gasteiger charge is 2.27. The van der Waals surface area contributed by atoms with Crippen LogP contribution in [0.1, 0.15) is 33.6 Å². The molecule has 1 N–H and O–H groups in total. The maximum Gasteiger partial charge on any atom is 0.355 e. The fourth-order valence-electron chi connectivity index (χ4n) is 2.27. The number of hydrogen-bond donors (Lipinski definition) is 1. The number of aromatic carboxylic acids is 1. The third-order valence-electron chi connectivity index (χ3n) is 3.21. The van der Waals surface area contributed by atoms with Crippen molar-refractivity contribution in [2.24, 2.45) is 0 Å². The Morgan fingerprint density at radius 2 is 2.21 bits per heavy atom. The van der Waals surface area contributed by atoms with Gasteiger partial charge in [0.25, 0.3) is 5.91 Å². The molecular formula is C12H17N3O3S. The van der Waals surface area contributed by atoms with Crippen molar-refractivity contribution in [3.63, 3.8) is 0 Å². The molecule has 0 radical (unpaired) electrons. The Morgan fingerprint density at radius 1 is 1.47 bits per heavy atom. The molecule has 19 heavy (non-hydrogen) atoms. The third-order valence-corrected chi connectivity index (χ3v) is 4.04. The van der Waals surface area contributed by atoms with Crippen molar-refractivity contribution < 1.29 is 14.7 Å². The minimum absolute atomic E-state index is 0.0621. The van der Waals surface area contributed by atoms with Gasteiger partial charge in [-0.1, -0.05) is 0 Å². The van der Waals surface area contributed by atoms with Crippen LogP contribution in [0, 0.1) is 0 Å². The van der Waals surface area contributed by atoms with Crippen LogP contribution in [0.3, 0.4) is 0 Å². The first-order valence-electron chi connectivity index (χ1n) is 6.17. The number of carboxylic acid groups (broad SMARTS) is 1. The number of hydrogen-bond acceptors (Lipinski definition) is 5. The summed E-state index contributed by atoms with van der Waals surface area (Å²) in [5, 5.41) is 10.5. The molecule has 1 aliphatic rings. The lowest BCUT2D eigenvalue weighted by Crippen LogP contribution is -2.42. The molecule has 1 atom stereocenters. The average molecular weight is 283 g/mol. The molecule has 1 saturated heterocycles. The van der Waals surface area contributed by atoms with E-state index in [0.717, 1.165) is 30.8 Å². The summed E-state index contributed by atoms with van der Waals surface area (Å²) in [4.78, 5) is 31.0. The topological polar surface area (TPSA) is 73.7 Å². The van der Waals surface area contributed by atoms with Crippen molar-refractivity contribution in [1.82, 2.24) is 14.8 Å². The number of rotatable bonds is 2. The molecule has 1 unspecified atom stereocenters. The number of nitrogens with zero attached hydrogens (tertiary/aromatic N) is 3. The number of likely N-dealkylation sites (N-methyl/N-ethyl adjacent to an activating group) is 1. The molecule has 0 saturated carbocycles. The Kier molecular flexibility index (Phi) is 4.16. The second-order valence-corrected chi connectivity index (χ2v) is 5.66. The highest BCUT2D eigenvalue weighted by atomic mass is 32.1. The molecule has 0 spiro atoms. The normalized spacial score (nSPS) is 21.2.